The summed E-state index contributed by atoms with van der Waals surface area (Å²) in [7, 11) is 0. The van der Waals surface area contributed by atoms with Gasteiger partial charge in [0.2, 0.25) is 0 Å². The van der Waals surface area contributed by atoms with Crippen molar-refractivity contribution in [1.29, 1.82) is 0 Å². The summed E-state index contributed by atoms with van der Waals surface area (Å²) in [5.41, 5.74) is 5.78. The smallest absolute Gasteiger partial charge is 0.410 e. The highest BCUT2D eigenvalue weighted by Gasteiger charge is 2.30. The van der Waals surface area contributed by atoms with Crippen LogP contribution >= 0.6 is 35.3 Å². The molecule has 0 saturated carbocycles. The van der Waals surface area contributed by atoms with Crippen LogP contribution in [0.2, 0.25) is 0 Å². The van der Waals surface area contributed by atoms with E-state index in [1.807, 2.05) is 37.2 Å². The zero-order valence-electron chi connectivity index (χ0n) is 17.5. The van der Waals surface area contributed by atoms with E-state index in [1.165, 1.54) is 0 Å². The maximum Gasteiger partial charge on any atom is 0.410 e. The first-order chi connectivity index (χ1) is 13.3. The number of rotatable bonds is 3. The first-order valence-electron chi connectivity index (χ1n) is 10.0. The third-order valence-corrected chi connectivity index (χ3v) is 5.84. The fourth-order valence-electron chi connectivity index (χ4n) is 3.55. The molecule has 164 valence electrons. The van der Waals surface area contributed by atoms with Crippen LogP contribution in [-0.4, -0.2) is 77.7 Å². The highest BCUT2D eigenvalue weighted by Crippen LogP contribution is 2.21. The van der Waals surface area contributed by atoms with Crippen LogP contribution in [0.25, 0.3) is 0 Å². The minimum absolute atomic E-state index is 0. The third-order valence-electron chi connectivity index (χ3n) is 5.01. The van der Waals surface area contributed by atoms with Crippen LogP contribution in [0.15, 0.2) is 16.6 Å². The van der Waals surface area contributed by atoms with Crippen LogP contribution in [0.5, 0.6) is 0 Å². The van der Waals surface area contributed by atoms with Gasteiger partial charge in [-0.15, -0.1) is 35.3 Å². The van der Waals surface area contributed by atoms with E-state index >= 15 is 0 Å². The molecule has 0 radical (unpaired) electrons. The number of hydrogen-bond acceptors (Lipinski definition) is 6. The summed E-state index contributed by atoms with van der Waals surface area (Å²) < 4.78 is 5.56. The van der Waals surface area contributed by atoms with Gasteiger partial charge in [-0.1, -0.05) is 0 Å². The molecular formula is C19H33IN6O2S. The number of hydrogen-bond donors (Lipinski definition) is 1. The van der Waals surface area contributed by atoms with Gasteiger partial charge in [0, 0.05) is 44.3 Å². The average molecular weight is 536 g/mol. The second-order valence-electron chi connectivity index (χ2n) is 8.31. The number of piperidine rings is 1. The van der Waals surface area contributed by atoms with E-state index in [1.54, 1.807) is 11.3 Å². The molecule has 1 atom stereocenters. The maximum atomic E-state index is 12.5. The fraction of sp³-hybridized carbons (Fsp3) is 0.737. The Hall–Kier alpha value is -1.30. The molecule has 0 spiro atoms. The molecule has 0 aromatic carbocycles. The SMILES string of the molecule is CC(C)(C)OC(=O)N1CCCCC1CN=C(N)N1CCN(c2nccs2)CC1.I. The molecular weight excluding hydrogens is 503 g/mol. The second kappa shape index (κ2) is 10.6. The minimum Gasteiger partial charge on any atom is -0.444 e. The molecule has 1 unspecified atom stereocenters. The Morgan fingerprint density at radius 2 is 2.00 bits per heavy atom. The zero-order valence-corrected chi connectivity index (χ0v) is 20.7. The largest absolute Gasteiger partial charge is 0.444 e. The van der Waals surface area contributed by atoms with Crippen molar-refractivity contribution in [2.45, 2.75) is 51.7 Å². The second-order valence-corrected chi connectivity index (χ2v) is 9.18. The number of likely N-dealkylation sites (tertiary alicyclic amines) is 1. The summed E-state index contributed by atoms with van der Waals surface area (Å²) in [6, 6.07) is 0.0544. The Morgan fingerprint density at radius 1 is 1.28 bits per heavy atom. The fourth-order valence-corrected chi connectivity index (χ4v) is 4.25. The van der Waals surface area contributed by atoms with Crippen molar-refractivity contribution in [3.63, 3.8) is 0 Å². The molecule has 2 fully saturated rings. The summed E-state index contributed by atoms with van der Waals surface area (Å²) in [5.74, 6) is 0.563. The van der Waals surface area contributed by atoms with Crippen LogP contribution in [0.3, 0.4) is 0 Å². The van der Waals surface area contributed by atoms with Crippen LogP contribution < -0.4 is 10.6 Å². The molecule has 10 heteroatoms. The number of piperazine rings is 1. The molecule has 3 heterocycles. The summed E-state index contributed by atoms with van der Waals surface area (Å²) >= 11 is 1.66. The number of carbonyl (C=O) groups excluding carboxylic acids is 1. The van der Waals surface area contributed by atoms with Crippen molar-refractivity contribution in [3.05, 3.63) is 11.6 Å². The number of aromatic nitrogens is 1. The molecule has 0 aliphatic carbocycles. The maximum absolute atomic E-state index is 12.5. The van der Waals surface area contributed by atoms with Gasteiger partial charge in [-0.3, -0.25) is 4.99 Å². The van der Waals surface area contributed by atoms with E-state index in [0.29, 0.717) is 12.5 Å². The molecule has 2 aliphatic rings. The van der Waals surface area contributed by atoms with Gasteiger partial charge in [-0.2, -0.15) is 0 Å². The lowest BCUT2D eigenvalue weighted by Gasteiger charge is -2.37. The minimum atomic E-state index is -0.488. The van der Waals surface area contributed by atoms with E-state index in [4.69, 9.17) is 10.5 Å². The number of halogens is 1. The lowest BCUT2D eigenvalue weighted by Crippen LogP contribution is -2.52. The van der Waals surface area contributed by atoms with Gasteiger partial charge in [-0.25, -0.2) is 9.78 Å². The van der Waals surface area contributed by atoms with Gasteiger partial charge in [0.25, 0.3) is 0 Å². The molecule has 8 nitrogen and oxygen atoms in total. The van der Waals surface area contributed by atoms with E-state index in [-0.39, 0.29) is 36.1 Å². The van der Waals surface area contributed by atoms with Crippen LogP contribution in [0, 0.1) is 0 Å². The summed E-state index contributed by atoms with van der Waals surface area (Å²) in [4.78, 5) is 27.7. The van der Waals surface area contributed by atoms with E-state index in [0.717, 1.165) is 57.1 Å². The number of anilines is 1. The Balaban J connectivity index is 0.00000300. The number of nitrogens with two attached hydrogens (primary N) is 1. The van der Waals surface area contributed by atoms with Gasteiger partial charge < -0.3 is 25.2 Å². The van der Waals surface area contributed by atoms with E-state index in [9.17, 15) is 4.79 Å². The lowest BCUT2D eigenvalue weighted by molar-refractivity contribution is 0.0109. The number of nitrogens with zero attached hydrogens (tertiary/aromatic N) is 5. The monoisotopic (exact) mass is 536 g/mol. The number of ether oxygens (including phenoxy) is 1. The Bertz CT molecular complexity index is 671. The molecule has 2 aliphatic heterocycles. The molecule has 29 heavy (non-hydrogen) atoms. The molecule has 1 aromatic heterocycles. The number of aliphatic imine (C=N–C) groups is 1. The van der Waals surface area contributed by atoms with E-state index < -0.39 is 5.60 Å². The van der Waals surface area contributed by atoms with Gasteiger partial charge in [0.05, 0.1) is 12.6 Å². The van der Waals surface area contributed by atoms with Crippen LogP contribution in [0.1, 0.15) is 40.0 Å². The number of guanidine groups is 1. The van der Waals surface area contributed by atoms with Crippen molar-refractivity contribution >= 4 is 52.5 Å². The number of carbonyl (C=O) groups is 1. The molecule has 1 amide bonds. The Kier molecular flexibility index (Phi) is 8.80. The van der Waals surface area contributed by atoms with E-state index in [2.05, 4.69) is 19.8 Å². The predicted octanol–water partition coefficient (Wildman–Crippen LogP) is 2.99. The highest BCUT2D eigenvalue weighted by molar-refractivity contribution is 14.0. The molecule has 3 rings (SSSR count). The number of amides is 1. The number of thiazole rings is 1. The van der Waals surface area contributed by atoms with Crippen molar-refractivity contribution in [1.82, 2.24) is 14.8 Å². The van der Waals surface area contributed by atoms with Gasteiger partial charge in [0.1, 0.15) is 5.60 Å². The van der Waals surface area contributed by atoms with Crippen LogP contribution in [0.4, 0.5) is 9.93 Å². The van der Waals surface area contributed by atoms with Gasteiger partial charge in [0.15, 0.2) is 11.1 Å². The zero-order chi connectivity index (χ0) is 20.1. The normalized spacial score (nSPS) is 21.0. The Morgan fingerprint density at radius 3 is 2.62 bits per heavy atom. The first kappa shape index (κ1) is 24.0. The first-order valence-corrected chi connectivity index (χ1v) is 10.9. The third kappa shape index (κ3) is 6.87. The topological polar surface area (TPSA) is 87.3 Å². The molecule has 0 bridgehead atoms. The van der Waals surface area contributed by atoms with Crippen molar-refractivity contribution in [2.75, 3.05) is 44.2 Å². The quantitative estimate of drug-likeness (QED) is 0.363. The lowest BCUT2D eigenvalue weighted by atomic mass is 10.0. The highest BCUT2D eigenvalue weighted by atomic mass is 127. The summed E-state index contributed by atoms with van der Waals surface area (Å²) in [6.07, 6.45) is 4.64. The average Bonchev–Trinajstić information content (AvgIpc) is 3.20. The molecule has 2 saturated heterocycles. The van der Waals surface area contributed by atoms with Crippen molar-refractivity contribution in [2.24, 2.45) is 10.7 Å². The summed E-state index contributed by atoms with van der Waals surface area (Å²) in [6.45, 7) is 10.4. The van der Waals surface area contributed by atoms with Crippen LogP contribution in [-0.2, 0) is 4.74 Å². The van der Waals surface area contributed by atoms with Gasteiger partial charge in [-0.05, 0) is 40.0 Å². The molecule has 2 N–H and O–H groups in total. The Labute approximate surface area is 194 Å². The standard InChI is InChI=1S/C19H32N6O2S.HI/c1-19(2,3)27-18(26)25-8-5-4-6-15(25)14-22-16(20)23-9-11-24(12-10-23)17-21-7-13-28-17;/h7,13,15H,4-6,8-12,14H2,1-3H3,(H2,20,22);1H. The predicted molar refractivity (Wildman–Crippen MR) is 128 cm³/mol. The van der Waals surface area contributed by atoms with Crippen molar-refractivity contribution in [3.8, 4) is 0 Å². The summed E-state index contributed by atoms with van der Waals surface area (Å²) in [5, 5.41) is 3.06. The van der Waals surface area contributed by atoms with Gasteiger partial charge >= 0.3 is 6.09 Å². The molecule has 1 aromatic rings. The van der Waals surface area contributed by atoms with Crippen molar-refractivity contribution < 1.29 is 9.53 Å².